The van der Waals surface area contributed by atoms with Gasteiger partial charge in [0.2, 0.25) is 0 Å². The highest BCUT2D eigenvalue weighted by Crippen LogP contribution is 2.23. The molecule has 104 valence electrons. The van der Waals surface area contributed by atoms with Crippen molar-refractivity contribution in [2.45, 2.75) is 38.2 Å². The molecule has 0 aromatic heterocycles. The number of ether oxygens (including phenoxy) is 1. The van der Waals surface area contributed by atoms with Crippen LogP contribution in [0.25, 0.3) is 0 Å². The van der Waals surface area contributed by atoms with Crippen LogP contribution in [-0.4, -0.2) is 30.3 Å². The van der Waals surface area contributed by atoms with Crippen LogP contribution in [0, 0.1) is 0 Å². The molecule has 1 aromatic carbocycles. The van der Waals surface area contributed by atoms with E-state index in [2.05, 4.69) is 5.32 Å². The standard InChI is InChI=1S/C15H21NO3/c17-11-10-16-15(18)12-6-8-14(9-7-12)19-13-4-2-1-3-5-13/h6-9,13,17H,1-5,10-11H2,(H,16,18). The first kappa shape index (κ1) is 13.9. The second-order valence-corrected chi connectivity index (χ2v) is 4.88. The number of hydrogen-bond acceptors (Lipinski definition) is 3. The second kappa shape index (κ2) is 7.14. The van der Waals surface area contributed by atoms with Gasteiger partial charge in [0, 0.05) is 12.1 Å². The number of amides is 1. The van der Waals surface area contributed by atoms with Crippen LogP contribution in [0.4, 0.5) is 0 Å². The molecule has 19 heavy (non-hydrogen) atoms. The molecule has 1 aromatic rings. The molecule has 0 saturated heterocycles. The predicted molar refractivity (Wildman–Crippen MR) is 73.4 cm³/mol. The minimum absolute atomic E-state index is 0.0470. The molecule has 2 rings (SSSR count). The topological polar surface area (TPSA) is 58.6 Å². The summed E-state index contributed by atoms with van der Waals surface area (Å²) in [5.74, 6) is 0.656. The molecule has 0 aliphatic heterocycles. The maximum Gasteiger partial charge on any atom is 0.251 e. The molecule has 0 atom stereocenters. The van der Waals surface area contributed by atoms with Crippen molar-refractivity contribution < 1.29 is 14.6 Å². The number of aliphatic hydroxyl groups is 1. The Morgan fingerprint density at radius 1 is 1.21 bits per heavy atom. The van der Waals surface area contributed by atoms with E-state index in [0.29, 0.717) is 11.7 Å². The van der Waals surface area contributed by atoms with Crippen LogP contribution in [0.5, 0.6) is 5.75 Å². The van der Waals surface area contributed by atoms with Crippen molar-refractivity contribution in [1.29, 1.82) is 0 Å². The minimum Gasteiger partial charge on any atom is -0.490 e. The Morgan fingerprint density at radius 3 is 2.53 bits per heavy atom. The van der Waals surface area contributed by atoms with Crippen molar-refractivity contribution in [3.63, 3.8) is 0 Å². The number of hydrogen-bond donors (Lipinski definition) is 2. The van der Waals surface area contributed by atoms with E-state index in [0.717, 1.165) is 18.6 Å². The molecule has 0 bridgehead atoms. The van der Waals surface area contributed by atoms with Gasteiger partial charge in [-0.25, -0.2) is 0 Å². The van der Waals surface area contributed by atoms with Gasteiger partial charge in [-0.2, -0.15) is 0 Å². The fourth-order valence-corrected chi connectivity index (χ4v) is 2.33. The Hall–Kier alpha value is -1.55. The van der Waals surface area contributed by atoms with Crippen molar-refractivity contribution in [2.24, 2.45) is 0 Å². The van der Waals surface area contributed by atoms with Crippen molar-refractivity contribution in [1.82, 2.24) is 5.32 Å². The SMILES string of the molecule is O=C(NCCO)c1ccc(OC2CCCCC2)cc1. The molecule has 1 aliphatic carbocycles. The number of nitrogens with one attached hydrogen (secondary N) is 1. The summed E-state index contributed by atoms with van der Waals surface area (Å²) in [5.41, 5.74) is 0.587. The van der Waals surface area contributed by atoms with E-state index >= 15 is 0 Å². The van der Waals surface area contributed by atoms with Crippen molar-refractivity contribution in [3.05, 3.63) is 29.8 Å². The van der Waals surface area contributed by atoms with E-state index < -0.39 is 0 Å². The number of aliphatic hydroxyl groups excluding tert-OH is 1. The first-order valence-corrected chi connectivity index (χ1v) is 6.95. The first-order valence-electron chi connectivity index (χ1n) is 6.95. The van der Waals surface area contributed by atoms with Gasteiger partial charge in [0.15, 0.2) is 0 Å². The van der Waals surface area contributed by atoms with E-state index in [1.807, 2.05) is 12.1 Å². The molecular formula is C15H21NO3. The Morgan fingerprint density at radius 2 is 1.89 bits per heavy atom. The van der Waals surface area contributed by atoms with Crippen LogP contribution in [0.2, 0.25) is 0 Å². The zero-order valence-electron chi connectivity index (χ0n) is 11.1. The van der Waals surface area contributed by atoms with Crippen LogP contribution in [0.3, 0.4) is 0 Å². The van der Waals surface area contributed by atoms with Gasteiger partial charge in [-0.05, 0) is 49.9 Å². The highest BCUT2D eigenvalue weighted by molar-refractivity contribution is 5.94. The summed E-state index contributed by atoms with van der Waals surface area (Å²) in [6.07, 6.45) is 6.36. The maximum atomic E-state index is 11.6. The highest BCUT2D eigenvalue weighted by atomic mass is 16.5. The molecule has 4 nitrogen and oxygen atoms in total. The molecule has 4 heteroatoms. The van der Waals surface area contributed by atoms with E-state index in [-0.39, 0.29) is 19.1 Å². The van der Waals surface area contributed by atoms with Crippen molar-refractivity contribution in [2.75, 3.05) is 13.2 Å². The first-order chi connectivity index (χ1) is 9.29. The smallest absolute Gasteiger partial charge is 0.251 e. The molecule has 0 heterocycles. The molecule has 0 unspecified atom stereocenters. The monoisotopic (exact) mass is 263 g/mol. The summed E-state index contributed by atoms with van der Waals surface area (Å²) in [7, 11) is 0. The van der Waals surface area contributed by atoms with Gasteiger partial charge in [0.1, 0.15) is 5.75 Å². The van der Waals surface area contributed by atoms with Gasteiger partial charge >= 0.3 is 0 Å². The molecule has 1 saturated carbocycles. The highest BCUT2D eigenvalue weighted by Gasteiger charge is 2.14. The third-order valence-electron chi connectivity index (χ3n) is 3.37. The normalized spacial score (nSPS) is 16.1. The lowest BCUT2D eigenvalue weighted by molar-refractivity contribution is 0.0944. The van der Waals surface area contributed by atoms with E-state index in [9.17, 15) is 4.79 Å². The fourth-order valence-electron chi connectivity index (χ4n) is 2.33. The Kier molecular flexibility index (Phi) is 5.21. The molecular weight excluding hydrogens is 242 g/mol. The Bertz CT molecular complexity index is 396. The molecule has 1 aliphatic rings. The average molecular weight is 263 g/mol. The Balaban J connectivity index is 1.88. The van der Waals surface area contributed by atoms with Gasteiger partial charge in [0.25, 0.3) is 5.91 Å². The summed E-state index contributed by atoms with van der Waals surface area (Å²) in [5, 5.41) is 11.3. The second-order valence-electron chi connectivity index (χ2n) is 4.88. The van der Waals surface area contributed by atoms with E-state index in [1.54, 1.807) is 12.1 Å². The summed E-state index contributed by atoms with van der Waals surface area (Å²) >= 11 is 0. The number of carbonyl (C=O) groups excluding carboxylic acids is 1. The Labute approximate surface area is 113 Å². The van der Waals surface area contributed by atoms with Gasteiger partial charge in [-0.15, -0.1) is 0 Å². The number of rotatable bonds is 5. The third kappa shape index (κ3) is 4.24. The minimum atomic E-state index is -0.168. The van der Waals surface area contributed by atoms with Crippen LogP contribution in [0.1, 0.15) is 42.5 Å². The lowest BCUT2D eigenvalue weighted by Crippen LogP contribution is -2.26. The van der Waals surface area contributed by atoms with E-state index in [4.69, 9.17) is 9.84 Å². The fraction of sp³-hybridized carbons (Fsp3) is 0.533. The van der Waals surface area contributed by atoms with Gasteiger partial charge in [0.05, 0.1) is 12.7 Å². The number of benzene rings is 1. The van der Waals surface area contributed by atoms with E-state index in [1.165, 1.54) is 19.3 Å². The molecule has 1 fully saturated rings. The lowest BCUT2D eigenvalue weighted by Gasteiger charge is -2.23. The van der Waals surface area contributed by atoms with Crippen molar-refractivity contribution in [3.8, 4) is 5.75 Å². The zero-order valence-corrected chi connectivity index (χ0v) is 11.1. The summed E-state index contributed by atoms with van der Waals surface area (Å²) in [6.45, 7) is 0.230. The van der Waals surface area contributed by atoms with Crippen LogP contribution in [-0.2, 0) is 0 Å². The summed E-state index contributed by atoms with van der Waals surface area (Å²) in [4.78, 5) is 11.6. The van der Waals surface area contributed by atoms with Gasteiger partial charge in [-0.1, -0.05) is 6.42 Å². The largest absolute Gasteiger partial charge is 0.490 e. The zero-order chi connectivity index (χ0) is 13.5. The summed E-state index contributed by atoms with van der Waals surface area (Å²) in [6, 6.07) is 7.18. The van der Waals surface area contributed by atoms with Crippen LogP contribution < -0.4 is 10.1 Å². The van der Waals surface area contributed by atoms with Crippen LogP contribution in [0.15, 0.2) is 24.3 Å². The third-order valence-corrected chi connectivity index (χ3v) is 3.37. The average Bonchev–Trinajstić information content (AvgIpc) is 2.46. The van der Waals surface area contributed by atoms with Crippen molar-refractivity contribution >= 4 is 5.91 Å². The molecule has 2 N–H and O–H groups in total. The van der Waals surface area contributed by atoms with Gasteiger partial charge < -0.3 is 15.2 Å². The quantitative estimate of drug-likeness (QED) is 0.855. The predicted octanol–water partition coefficient (Wildman–Crippen LogP) is 2.12. The molecule has 1 amide bonds. The summed E-state index contributed by atoms with van der Waals surface area (Å²) < 4.78 is 5.90. The maximum absolute atomic E-state index is 11.6. The molecule has 0 spiro atoms. The van der Waals surface area contributed by atoms with Crippen LogP contribution >= 0.6 is 0 Å². The van der Waals surface area contributed by atoms with Gasteiger partial charge in [-0.3, -0.25) is 4.79 Å². The lowest BCUT2D eigenvalue weighted by atomic mass is 9.98. The number of carbonyl (C=O) groups is 1. The molecule has 0 radical (unpaired) electrons.